The smallest absolute Gasteiger partial charge is 0.416 e. The van der Waals surface area contributed by atoms with Crippen LogP contribution in [0.5, 0.6) is 5.75 Å². The van der Waals surface area contributed by atoms with E-state index in [4.69, 9.17) is 4.74 Å². The Hall–Kier alpha value is -2.09. The van der Waals surface area contributed by atoms with Crippen LogP contribution in [0.1, 0.15) is 5.56 Å². The Bertz CT molecular complexity index is 719. The van der Waals surface area contributed by atoms with Gasteiger partial charge in [-0.2, -0.15) is 13.2 Å². The van der Waals surface area contributed by atoms with Crippen LogP contribution >= 0.6 is 15.9 Å². The second-order valence-corrected chi connectivity index (χ2v) is 5.40. The molecule has 0 saturated heterocycles. The minimum Gasteiger partial charge on any atom is -0.484 e. The van der Waals surface area contributed by atoms with E-state index in [2.05, 4.69) is 21.2 Å². The highest BCUT2D eigenvalue weighted by molar-refractivity contribution is 9.10. The van der Waals surface area contributed by atoms with Crippen molar-refractivity contribution in [2.75, 3.05) is 11.9 Å². The number of amides is 1. The van der Waals surface area contributed by atoms with Gasteiger partial charge in [0.1, 0.15) is 11.6 Å². The van der Waals surface area contributed by atoms with Gasteiger partial charge in [-0.3, -0.25) is 4.79 Å². The number of anilines is 1. The van der Waals surface area contributed by atoms with Crippen molar-refractivity contribution in [1.29, 1.82) is 0 Å². The Morgan fingerprint density at radius 2 is 1.91 bits per heavy atom. The van der Waals surface area contributed by atoms with Crippen LogP contribution in [-0.4, -0.2) is 12.5 Å². The van der Waals surface area contributed by atoms with Crippen LogP contribution in [0, 0.1) is 5.82 Å². The average molecular weight is 392 g/mol. The molecule has 1 N–H and O–H groups in total. The summed E-state index contributed by atoms with van der Waals surface area (Å²) in [5, 5.41) is 2.27. The molecule has 23 heavy (non-hydrogen) atoms. The molecule has 0 atom stereocenters. The van der Waals surface area contributed by atoms with Gasteiger partial charge in [0, 0.05) is 4.47 Å². The SMILES string of the molecule is O=C(COc1cccc(C(F)(F)F)c1)Nc1ccc(Br)cc1F. The summed E-state index contributed by atoms with van der Waals surface area (Å²) in [6, 6.07) is 8.20. The molecule has 0 unspecified atom stereocenters. The zero-order valence-electron chi connectivity index (χ0n) is 11.5. The van der Waals surface area contributed by atoms with E-state index in [9.17, 15) is 22.4 Å². The minimum absolute atomic E-state index is 0.0501. The summed E-state index contributed by atoms with van der Waals surface area (Å²) in [6.45, 7) is -0.545. The lowest BCUT2D eigenvalue weighted by molar-refractivity contribution is -0.137. The second-order valence-electron chi connectivity index (χ2n) is 4.49. The number of alkyl halides is 3. The fraction of sp³-hybridized carbons (Fsp3) is 0.133. The first kappa shape index (κ1) is 17.3. The standard InChI is InChI=1S/C15H10BrF4NO2/c16-10-4-5-13(12(17)7-10)21-14(22)8-23-11-3-1-2-9(6-11)15(18,19)20/h1-7H,8H2,(H,21,22). The van der Waals surface area contributed by atoms with Gasteiger partial charge >= 0.3 is 6.18 Å². The van der Waals surface area contributed by atoms with E-state index in [1.54, 1.807) is 0 Å². The van der Waals surface area contributed by atoms with Crippen molar-refractivity contribution in [1.82, 2.24) is 0 Å². The fourth-order valence-corrected chi connectivity index (χ4v) is 2.02. The lowest BCUT2D eigenvalue weighted by atomic mass is 10.2. The number of nitrogens with one attached hydrogen (secondary N) is 1. The van der Waals surface area contributed by atoms with Crippen LogP contribution in [0.2, 0.25) is 0 Å². The molecule has 8 heteroatoms. The lowest BCUT2D eigenvalue weighted by Crippen LogP contribution is -2.21. The molecule has 2 aromatic rings. The van der Waals surface area contributed by atoms with E-state index in [1.165, 1.54) is 30.3 Å². The maximum Gasteiger partial charge on any atom is 0.416 e. The molecule has 2 aromatic carbocycles. The van der Waals surface area contributed by atoms with Crippen molar-refractivity contribution >= 4 is 27.5 Å². The molecule has 3 nitrogen and oxygen atoms in total. The Morgan fingerprint density at radius 1 is 1.17 bits per heavy atom. The molecule has 122 valence electrons. The maximum atomic E-state index is 13.5. The number of halogens is 5. The summed E-state index contributed by atoms with van der Waals surface area (Å²) >= 11 is 3.08. The number of rotatable bonds is 4. The Balaban J connectivity index is 1.97. The van der Waals surface area contributed by atoms with E-state index in [0.717, 1.165) is 12.1 Å². The molecule has 0 aromatic heterocycles. The van der Waals surface area contributed by atoms with E-state index in [0.29, 0.717) is 4.47 Å². The van der Waals surface area contributed by atoms with Crippen molar-refractivity contribution in [2.24, 2.45) is 0 Å². The maximum absolute atomic E-state index is 13.5. The number of hydrogen-bond acceptors (Lipinski definition) is 2. The van der Waals surface area contributed by atoms with E-state index < -0.39 is 30.1 Å². The van der Waals surface area contributed by atoms with Crippen LogP contribution in [0.15, 0.2) is 46.9 Å². The molecule has 1 amide bonds. The largest absolute Gasteiger partial charge is 0.484 e. The molecule has 2 rings (SSSR count). The first-order chi connectivity index (χ1) is 10.8. The van der Waals surface area contributed by atoms with Gasteiger partial charge < -0.3 is 10.1 Å². The first-order valence-electron chi connectivity index (χ1n) is 6.30. The molecule has 0 bridgehead atoms. The molecule has 0 saturated carbocycles. The van der Waals surface area contributed by atoms with E-state index in [-0.39, 0.29) is 11.4 Å². The summed E-state index contributed by atoms with van der Waals surface area (Å²) in [5.41, 5.74) is -0.930. The molecular formula is C15H10BrF4NO2. The van der Waals surface area contributed by atoms with Crippen LogP contribution < -0.4 is 10.1 Å². The average Bonchev–Trinajstić information content (AvgIpc) is 2.47. The van der Waals surface area contributed by atoms with Crippen molar-refractivity contribution < 1.29 is 27.1 Å². The van der Waals surface area contributed by atoms with Crippen LogP contribution in [0.3, 0.4) is 0 Å². The minimum atomic E-state index is -4.50. The molecule has 0 radical (unpaired) electrons. The zero-order valence-corrected chi connectivity index (χ0v) is 13.0. The second kappa shape index (κ2) is 6.99. The molecular weight excluding hydrogens is 382 g/mol. The molecule has 0 aliphatic rings. The highest BCUT2D eigenvalue weighted by atomic mass is 79.9. The van der Waals surface area contributed by atoms with Gasteiger partial charge in [0.2, 0.25) is 0 Å². The Kier molecular flexibility index (Phi) is 5.25. The third kappa shape index (κ3) is 4.95. The van der Waals surface area contributed by atoms with Gasteiger partial charge in [0.05, 0.1) is 11.3 Å². The van der Waals surface area contributed by atoms with E-state index >= 15 is 0 Å². The van der Waals surface area contributed by atoms with Crippen molar-refractivity contribution in [2.45, 2.75) is 6.18 Å². The number of carbonyl (C=O) groups is 1. The number of carbonyl (C=O) groups excluding carboxylic acids is 1. The highest BCUT2D eigenvalue weighted by Crippen LogP contribution is 2.31. The van der Waals surface area contributed by atoms with Crippen molar-refractivity contribution in [3.63, 3.8) is 0 Å². The highest BCUT2D eigenvalue weighted by Gasteiger charge is 2.30. The van der Waals surface area contributed by atoms with Gasteiger partial charge in [0.25, 0.3) is 5.91 Å². The van der Waals surface area contributed by atoms with Gasteiger partial charge in [0.15, 0.2) is 6.61 Å². The molecule has 0 aliphatic carbocycles. The number of hydrogen-bond donors (Lipinski definition) is 1. The zero-order chi connectivity index (χ0) is 17.0. The predicted octanol–water partition coefficient (Wildman–Crippen LogP) is 4.62. The normalized spacial score (nSPS) is 11.2. The van der Waals surface area contributed by atoms with E-state index in [1.807, 2.05) is 0 Å². The van der Waals surface area contributed by atoms with Gasteiger partial charge in [-0.25, -0.2) is 4.39 Å². The van der Waals surface area contributed by atoms with Crippen LogP contribution in [-0.2, 0) is 11.0 Å². The third-order valence-corrected chi connectivity index (χ3v) is 3.23. The van der Waals surface area contributed by atoms with Gasteiger partial charge in [-0.15, -0.1) is 0 Å². The molecule has 0 fully saturated rings. The summed E-state index contributed by atoms with van der Waals surface area (Å²) in [7, 11) is 0. The molecule has 0 heterocycles. The summed E-state index contributed by atoms with van der Waals surface area (Å²) in [5.74, 6) is -1.44. The number of benzene rings is 2. The van der Waals surface area contributed by atoms with Gasteiger partial charge in [-0.1, -0.05) is 22.0 Å². The fourth-order valence-electron chi connectivity index (χ4n) is 1.69. The summed E-state index contributed by atoms with van der Waals surface area (Å²) in [4.78, 5) is 11.7. The van der Waals surface area contributed by atoms with Crippen LogP contribution in [0.25, 0.3) is 0 Å². The summed E-state index contributed by atoms with van der Waals surface area (Å²) < 4.78 is 56.7. The van der Waals surface area contributed by atoms with Crippen molar-refractivity contribution in [3.05, 3.63) is 58.3 Å². The Labute approximate surface area is 137 Å². The first-order valence-corrected chi connectivity index (χ1v) is 7.10. The molecule has 0 spiro atoms. The monoisotopic (exact) mass is 391 g/mol. The lowest BCUT2D eigenvalue weighted by Gasteiger charge is -2.11. The molecule has 0 aliphatic heterocycles. The number of ether oxygens (including phenoxy) is 1. The topological polar surface area (TPSA) is 38.3 Å². The Morgan fingerprint density at radius 3 is 2.57 bits per heavy atom. The quantitative estimate of drug-likeness (QED) is 0.771. The summed E-state index contributed by atoms with van der Waals surface area (Å²) in [6.07, 6.45) is -4.50. The van der Waals surface area contributed by atoms with Crippen LogP contribution in [0.4, 0.5) is 23.2 Å². The van der Waals surface area contributed by atoms with Crippen molar-refractivity contribution in [3.8, 4) is 5.75 Å². The predicted molar refractivity (Wildman–Crippen MR) is 79.7 cm³/mol. The third-order valence-electron chi connectivity index (χ3n) is 2.74. The van der Waals surface area contributed by atoms with Gasteiger partial charge in [-0.05, 0) is 36.4 Å².